The zero-order chi connectivity index (χ0) is 18.6. The second kappa shape index (κ2) is 5.86. The predicted molar refractivity (Wildman–Crippen MR) is 102 cm³/mol. The van der Waals surface area contributed by atoms with Crippen molar-refractivity contribution in [2.75, 3.05) is 11.4 Å². The number of nitrogens with zero attached hydrogens (tertiary/aromatic N) is 5. The molecule has 0 bridgehead atoms. The van der Waals surface area contributed by atoms with E-state index in [4.69, 9.17) is 0 Å². The van der Waals surface area contributed by atoms with Crippen LogP contribution in [-0.2, 0) is 27.1 Å². The Morgan fingerprint density at radius 3 is 2.42 bits per heavy atom. The highest BCUT2D eigenvalue weighted by molar-refractivity contribution is 5.77. The van der Waals surface area contributed by atoms with E-state index in [0.29, 0.717) is 23.6 Å². The van der Waals surface area contributed by atoms with E-state index in [2.05, 4.69) is 48.0 Å². The van der Waals surface area contributed by atoms with Crippen molar-refractivity contribution in [3.05, 3.63) is 50.7 Å². The second-order valence-electron chi connectivity index (χ2n) is 7.14. The minimum absolute atomic E-state index is 0.294. The van der Waals surface area contributed by atoms with Crippen LogP contribution in [0.25, 0.3) is 11.2 Å². The van der Waals surface area contributed by atoms with Gasteiger partial charge in [0.2, 0.25) is 5.95 Å². The summed E-state index contributed by atoms with van der Waals surface area (Å²) in [7, 11) is 3.17. The van der Waals surface area contributed by atoms with Crippen LogP contribution in [0.1, 0.15) is 19.4 Å². The lowest BCUT2D eigenvalue weighted by molar-refractivity contribution is 0.458. The lowest BCUT2D eigenvalue weighted by Gasteiger charge is -2.33. The average molecular weight is 353 g/mol. The van der Waals surface area contributed by atoms with Gasteiger partial charge in [0.15, 0.2) is 11.2 Å². The van der Waals surface area contributed by atoms with Gasteiger partial charge in [-0.15, -0.1) is 0 Å². The topological polar surface area (TPSA) is 65.1 Å². The monoisotopic (exact) mass is 353 g/mol. The molecule has 0 spiro atoms. The van der Waals surface area contributed by atoms with Crippen LogP contribution >= 0.6 is 0 Å². The van der Waals surface area contributed by atoms with E-state index in [1.165, 1.54) is 17.2 Å². The molecule has 0 radical (unpaired) electrons. The normalized spacial score (nSPS) is 16.9. The van der Waals surface area contributed by atoms with Gasteiger partial charge in [0, 0.05) is 32.9 Å². The molecular weight excluding hydrogens is 330 g/mol. The van der Waals surface area contributed by atoms with E-state index in [1.807, 2.05) is 4.57 Å². The number of anilines is 2. The first-order chi connectivity index (χ1) is 12.4. The van der Waals surface area contributed by atoms with E-state index in [0.717, 1.165) is 29.2 Å². The molecule has 1 aliphatic rings. The molecule has 1 aromatic carbocycles. The molecule has 2 aromatic heterocycles. The summed E-state index contributed by atoms with van der Waals surface area (Å²) in [5.74, 6) is 1.08. The predicted octanol–water partition coefficient (Wildman–Crippen LogP) is 1.78. The van der Waals surface area contributed by atoms with E-state index in [-0.39, 0.29) is 11.2 Å². The quantitative estimate of drug-likeness (QED) is 0.704. The molecule has 3 aromatic rings. The van der Waals surface area contributed by atoms with Crippen LogP contribution in [0, 0.1) is 5.92 Å². The molecule has 0 aliphatic carbocycles. The summed E-state index contributed by atoms with van der Waals surface area (Å²) in [6.07, 6.45) is 0.993. The summed E-state index contributed by atoms with van der Waals surface area (Å²) in [5.41, 5.74) is 2.61. The van der Waals surface area contributed by atoms with E-state index >= 15 is 0 Å². The molecule has 7 nitrogen and oxygen atoms in total. The Morgan fingerprint density at radius 2 is 1.77 bits per heavy atom. The smallest absolute Gasteiger partial charge is 0.312 e. The van der Waals surface area contributed by atoms with Gasteiger partial charge in [0.05, 0.1) is 0 Å². The van der Waals surface area contributed by atoms with Crippen molar-refractivity contribution in [3.63, 3.8) is 0 Å². The van der Waals surface area contributed by atoms with E-state index < -0.39 is 0 Å². The molecular formula is C19H23N5O2. The maximum atomic E-state index is 12.7. The Labute approximate surface area is 151 Å². The molecule has 136 valence electrons. The number of benzene rings is 1. The summed E-state index contributed by atoms with van der Waals surface area (Å²) in [4.78, 5) is 31.8. The summed E-state index contributed by atoms with van der Waals surface area (Å²) >= 11 is 0. The van der Waals surface area contributed by atoms with E-state index in [1.54, 1.807) is 7.05 Å². The van der Waals surface area contributed by atoms with Crippen LogP contribution in [0.15, 0.2) is 33.9 Å². The highest BCUT2D eigenvalue weighted by Gasteiger charge is 2.29. The number of hydrogen-bond donors (Lipinski definition) is 0. The average Bonchev–Trinajstić information content (AvgIpc) is 3.03. The Hall–Kier alpha value is -2.83. The van der Waals surface area contributed by atoms with Crippen LogP contribution in [0.4, 0.5) is 11.6 Å². The van der Waals surface area contributed by atoms with Crippen molar-refractivity contribution in [3.8, 4) is 0 Å². The minimum Gasteiger partial charge on any atom is -0.312 e. The van der Waals surface area contributed by atoms with Gasteiger partial charge in [-0.05, 0) is 30.0 Å². The van der Waals surface area contributed by atoms with Crippen molar-refractivity contribution in [2.45, 2.75) is 26.8 Å². The van der Waals surface area contributed by atoms with Crippen molar-refractivity contribution < 1.29 is 0 Å². The number of imidazole rings is 1. The molecule has 0 amide bonds. The fourth-order valence-corrected chi connectivity index (χ4v) is 3.71. The third-order valence-corrected chi connectivity index (χ3v) is 5.21. The van der Waals surface area contributed by atoms with Gasteiger partial charge in [0.1, 0.15) is 0 Å². The Balaban J connectivity index is 1.98. The van der Waals surface area contributed by atoms with Gasteiger partial charge >= 0.3 is 5.69 Å². The van der Waals surface area contributed by atoms with Gasteiger partial charge in [0.25, 0.3) is 5.56 Å². The first-order valence-electron chi connectivity index (χ1n) is 8.95. The van der Waals surface area contributed by atoms with Crippen molar-refractivity contribution in [2.24, 2.45) is 20.0 Å². The first kappa shape index (κ1) is 16.6. The van der Waals surface area contributed by atoms with Crippen LogP contribution in [-0.4, -0.2) is 25.2 Å². The summed E-state index contributed by atoms with van der Waals surface area (Å²) < 4.78 is 4.56. The van der Waals surface area contributed by atoms with Gasteiger partial charge < -0.3 is 9.47 Å². The van der Waals surface area contributed by atoms with E-state index in [9.17, 15) is 9.59 Å². The highest BCUT2D eigenvalue weighted by Crippen LogP contribution is 2.32. The Morgan fingerprint density at radius 1 is 1.08 bits per heavy atom. The summed E-state index contributed by atoms with van der Waals surface area (Å²) in [6, 6.07) is 8.43. The fourth-order valence-electron chi connectivity index (χ4n) is 3.71. The third kappa shape index (κ3) is 2.30. The number of fused-ring (bicyclic) bond motifs is 3. The molecule has 1 atom stereocenters. The van der Waals surface area contributed by atoms with Crippen molar-refractivity contribution in [1.82, 2.24) is 18.7 Å². The lowest BCUT2D eigenvalue weighted by Crippen LogP contribution is -2.38. The highest BCUT2D eigenvalue weighted by atomic mass is 16.2. The van der Waals surface area contributed by atoms with Crippen molar-refractivity contribution >= 4 is 22.8 Å². The number of aromatic nitrogens is 4. The zero-order valence-corrected chi connectivity index (χ0v) is 15.6. The standard InChI is InChI=1S/C19H23N5O2/c1-5-13-6-8-14(9-7-13)23-10-12(2)11-24-15-16(20-18(23)24)21(3)19(26)22(4)17(15)25/h6-9,12H,5,10-11H2,1-4H3/t12-/m1/s1. The molecule has 0 unspecified atom stereocenters. The maximum absolute atomic E-state index is 12.7. The molecule has 0 saturated carbocycles. The van der Waals surface area contributed by atoms with Crippen LogP contribution in [0.5, 0.6) is 0 Å². The van der Waals surface area contributed by atoms with Crippen LogP contribution in [0.2, 0.25) is 0 Å². The van der Waals surface area contributed by atoms with Crippen LogP contribution in [0.3, 0.4) is 0 Å². The molecule has 1 aliphatic heterocycles. The molecule has 7 heteroatoms. The minimum atomic E-state index is -0.357. The maximum Gasteiger partial charge on any atom is 0.332 e. The Kier molecular flexibility index (Phi) is 3.75. The molecule has 0 fully saturated rings. The van der Waals surface area contributed by atoms with Gasteiger partial charge in [-0.25, -0.2) is 4.79 Å². The second-order valence-corrected chi connectivity index (χ2v) is 7.14. The first-order valence-corrected chi connectivity index (χ1v) is 8.95. The van der Waals surface area contributed by atoms with Crippen molar-refractivity contribution in [1.29, 1.82) is 0 Å². The lowest BCUT2D eigenvalue weighted by atomic mass is 10.1. The van der Waals surface area contributed by atoms with Gasteiger partial charge in [-0.2, -0.15) is 4.98 Å². The van der Waals surface area contributed by atoms with Crippen LogP contribution < -0.4 is 16.1 Å². The summed E-state index contributed by atoms with van der Waals surface area (Å²) in [6.45, 7) is 5.83. The molecule has 4 rings (SSSR count). The zero-order valence-electron chi connectivity index (χ0n) is 15.6. The molecule has 3 heterocycles. The molecule has 0 saturated heterocycles. The molecule has 0 N–H and O–H groups in total. The number of aryl methyl sites for hydroxylation is 2. The number of rotatable bonds is 2. The number of hydrogen-bond acceptors (Lipinski definition) is 4. The largest absolute Gasteiger partial charge is 0.332 e. The SMILES string of the molecule is CCc1ccc(N2C[C@@H](C)Cn3c2nc2c3c(=O)n(C)c(=O)n2C)cc1. The van der Waals surface area contributed by atoms with Gasteiger partial charge in [-0.3, -0.25) is 13.9 Å². The Bertz CT molecular complexity index is 1100. The fraction of sp³-hybridized carbons (Fsp3) is 0.421. The summed E-state index contributed by atoms with van der Waals surface area (Å²) in [5, 5.41) is 0. The molecule has 26 heavy (non-hydrogen) atoms. The van der Waals surface area contributed by atoms with Gasteiger partial charge in [-0.1, -0.05) is 26.0 Å². The third-order valence-electron chi connectivity index (χ3n) is 5.21.